The molecule has 0 aliphatic carbocycles. The van der Waals surface area contributed by atoms with E-state index in [1.807, 2.05) is 19.1 Å². The van der Waals surface area contributed by atoms with Crippen LogP contribution in [0.25, 0.3) is 0 Å². The maximum Gasteiger partial charge on any atom is 0.211 e. The third kappa shape index (κ3) is 4.58. The molecule has 0 unspecified atom stereocenters. The van der Waals surface area contributed by atoms with E-state index in [1.165, 1.54) is 4.68 Å². The molecule has 108 valence electrons. The lowest BCUT2D eigenvalue weighted by Crippen LogP contribution is -2.34. The van der Waals surface area contributed by atoms with Crippen LogP contribution in [-0.2, 0) is 0 Å². The van der Waals surface area contributed by atoms with Gasteiger partial charge in [0.25, 0.3) is 0 Å². The number of Topliss-reactive ketones (excluding diaryl/α,β-unsaturated/α-hetero) is 1. The number of carbonyl (C=O) groups excluding carboxylic acids is 1. The minimum atomic E-state index is -0.406. The molecule has 4 nitrogen and oxygen atoms in total. The number of halogens is 1. The minimum absolute atomic E-state index is 0.0520. The Kier molecular flexibility index (Phi) is 5.36. The van der Waals surface area contributed by atoms with Crippen molar-refractivity contribution in [2.75, 3.05) is 5.75 Å². The van der Waals surface area contributed by atoms with Gasteiger partial charge in [0.15, 0.2) is 5.78 Å². The predicted octanol–water partition coefficient (Wildman–Crippen LogP) is 2.03. The Labute approximate surface area is 132 Å². The van der Waals surface area contributed by atoms with Crippen molar-refractivity contribution < 1.29 is 14.6 Å². The summed E-state index contributed by atoms with van der Waals surface area (Å²) in [7, 11) is 0. The molecule has 0 saturated carbocycles. The Balaban J connectivity index is 1.98. The van der Waals surface area contributed by atoms with Gasteiger partial charge in [-0.05, 0) is 35.4 Å². The number of hydrogen-bond acceptors (Lipinski definition) is 4. The fraction of sp³-hybridized carbons (Fsp3) is 0.133. The summed E-state index contributed by atoms with van der Waals surface area (Å²) in [4.78, 5) is 11.9. The first-order valence-corrected chi connectivity index (χ1v) is 7.57. The largest absolute Gasteiger partial charge is 0.850 e. The molecule has 0 atom stereocenters. The number of rotatable bonds is 4. The summed E-state index contributed by atoms with van der Waals surface area (Å²) >= 11 is 6.64. The first-order chi connectivity index (χ1) is 10.1. The van der Waals surface area contributed by atoms with Crippen LogP contribution in [0, 0.1) is 6.92 Å². The van der Waals surface area contributed by atoms with Crippen molar-refractivity contribution in [1.29, 1.82) is 0 Å². The van der Waals surface area contributed by atoms with Crippen LogP contribution in [0.5, 0.6) is 0 Å². The van der Waals surface area contributed by atoms with Crippen LogP contribution in [0.1, 0.15) is 16.1 Å². The Hall–Kier alpha value is -1.85. The third-order valence-electron chi connectivity index (χ3n) is 2.72. The fourth-order valence-electron chi connectivity index (χ4n) is 1.60. The first kappa shape index (κ1) is 15.5. The molecule has 2 rings (SSSR count). The van der Waals surface area contributed by atoms with Crippen molar-refractivity contribution in [2.24, 2.45) is 5.10 Å². The van der Waals surface area contributed by atoms with Crippen molar-refractivity contribution in [2.45, 2.75) is 6.92 Å². The molecule has 1 aromatic heterocycles. The molecule has 2 aromatic rings. The van der Waals surface area contributed by atoms with Crippen LogP contribution in [0.4, 0.5) is 0 Å². The van der Waals surface area contributed by atoms with Gasteiger partial charge in [0.05, 0.1) is 11.0 Å². The highest BCUT2D eigenvalue weighted by Crippen LogP contribution is 2.12. The Morgan fingerprint density at radius 3 is 2.67 bits per heavy atom. The Morgan fingerprint density at radius 2 is 2.00 bits per heavy atom. The lowest BCUT2D eigenvalue weighted by molar-refractivity contribution is -0.687. The zero-order valence-electron chi connectivity index (χ0n) is 11.3. The van der Waals surface area contributed by atoms with E-state index < -0.39 is 5.23 Å². The van der Waals surface area contributed by atoms with Crippen molar-refractivity contribution >= 4 is 34.4 Å². The number of carbonyl (C=O) groups is 1. The topological polar surface area (TPSA) is 56.4 Å². The second-order valence-electron chi connectivity index (χ2n) is 4.27. The molecular weight excluding hydrogens is 308 g/mol. The standard InChI is InChI=1S/C15H13ClN2O2S/c1-11-4-2-3-9-18(11)17-15(20)21-10-14(19)12-5-7-13(16)8-6-12/h2-9H,10H2,1H3. The molecule has 6 heteroatoms. The number of hydrogen-bond donors (Lipinski definition) is 0. The molecule has 0 bridgehead atoms. The number of benzene rings is 1. The molecule has 0 N–H and O–H groups in total. The summed E-state index contributed by atoms with van der Waals surface area (Å²) in [6.07, 6.45) is 1.69. The molecule has 21 heavy (non-hydrogen) atoms. The van der Waals surface area contributed by atoms with Gasteiger partial charge < -0.3 is 5.11 Å². The molecule has 0 saturated heterocycles. The molecule has 0 fully saturated rings. The average molecular weight is 321 g/mol. The van der Waals surface area contributed by atoms with Crippen LogP contribution >= 0.6 is 23.4 Å². The van der Waals surface area contributed by atoms with Crippen LogP contribution in [0.15, 0.2) is 53.8 Å². The number of aryl methyl sites for hydroxylation is 1. The Bertz CT molecular complexity index is 672. The van der Waals surface area contributed by atoms with Gasteiger partial charge in [-0.2, -0.15) is 0 Å². The monoisotopic (exact) mass is 320 g/mol. The van der Waals surface area contributed by atoms with E-state index in [-0.39, 0.29) is 11.5 Å². The fourth-order valence-corrected chi connectivity index (χ4v) is 2.29. The maximum absolute atomic E-state index is 11.9. The van der Waals surface area contributed by atoms with Crippen molar-refractivity contribution in [1.82, 2.24) is 0 Å². The molecule has 0 aliphatic heterocycles. The maximum atomic E-state index is 11.9. The molecule has 0 aliphatic rings. The lowest BCUT2D eigenvalue weighted by Gasteiger charge is -2.06. The number of ketones is 1. The summed E-state index contributed by atoms with van der Waals surface area (Å²) in [5, 5.41) is 15.8. The number of aromatic nitrogens is 1. The number of thioether (sulfide) groups is 1. The van der Waals surface area contributed by atoms with Crippen molar-refractivity contribution in [3.63, 3.8) is 0 Å². The van der Waals surface area contributed by atoms with Gasteiger partial charge >= 0.3 is 0 Å². The Morgan fingerprint density at radius 1 is 1.29 bits per heavy atom. The van der Waals surface area contributed by atoms with Gasteiger partial charge in [-0.15, -0.1) is 11.8 Å². The van der Waals surface area contributed by atoms with E-state index in [4.69, 9.17) is 11.6 Å². The second kappa shape index (κ2) is 7.24. The van der Waals surface area contributed by atoms with Gasteiger partial charge in [-0.3, -0.25) is 4.79 Å². The summed E-state index contributed by atoms with van der Waals surface area (Å²) in [6, 6.07) is 12.1. The average Bonchev–Trinajstić information content (AvgIpc) is 2.48. The normalized spacial score (nSPS) is 11.4. The van der Waals surface area contributed by atoms with Gasteiger partial charge in [0.1, 0.15) is 0 Å². The second-order valence-corrected chi connectivity index (χ2v) is 5.63. The first-order valence-electron chi connectivity index (χ1n) is 6.21. The molecule has 1 aromatic carbocycles. The van der Waals surface area contributed by atoms with Crippen molar-refractivity contribution in [3.05, 3.63) is 64.9 Å². The molecule has 0 amide bonds. The quantitative estimate of drug-likeness (QED) is 0.375. The third-order valence-corrected chi connectivity index (χ3v) is 3.71. The van der Waals surface area contributed by atoms with E-state index >= 15 is 0 Å². The van der Waals surface area contributed by atoms with Crippen LogP contribution in [-0.4, -0.2) is 16.8 Å². The summed E-state index contributed by atoms with van der Waals surface area (Å²) < 4.78 is 1.49. The lowest BCUT2D eigenvalue weighted by atomic mass is 10.1. The van der Waals surface area contributed by atoms with Crippen LogP contribution in [0.2, 0.25) is 5.02 Å². The van der Waals surface area contributed by atoms with Crippen molar-refractivity contribution in [3.8, 4) is 0 Å². The van der Waals surface area contributed by atoms with Gasteiger partial charge in [0.2, 0.25) is 11.9 Å². The molecule has 1 heterocycles. The highest BCUT2D eigenvalue weighted by molar-refractivity contribution is 8.13. The molecule has 0 radical (unpaired) electrons. The summed E-state index contributed by atoms with van der Waals surface area (Å²) in [5.41, 5.74) is 1.37. The minimum Gasteiger partial charge on any atom is -0.850 e. The number of nitrogens with zero attached hydrogens (tertiary/aromatic N) is 2. The zero-order valence-corrected chi connectivity index (χ0v) is 12.9. The van der Waals surface area contributed by atoms with Gasteiger partial charge in [0, 0.05) is 29.6 Å². The van der Waals surface area contributed by atoms with E-state index in [9.17, 15) is 9.90 Å². The smallest absolute Gasteiger partial charge is 0.211 e. The zero-order chi connectivity index (χ0) is 15.2. The SMILES string of the molecule is Cc1cccc[n+]1/N=C(\[O-])SCC(=O)c1ccc(Cl)cc1. The predicted molar refractivity (Wildman–Crippen MR) is 82.4 cm³/mol. The summed E-state index contributed by atoms with van der Waals surface area (Å²) in [6.45, 7) is 1.85. The van der Waals surface area contributed by atoms with E-state index in [1.54, 1.807) is 36.5 Å². The summed E-state index contributed by atoms with van der Waals surface area (Å²) in [5.74, 6) is -0.0776. The molecule has 0 spiro atoms. The van der Waals surface area contributed by atoms with Gasteiger partial charge in [-0.1, -0.05) is 16.3 Å². The van der Waals surface area contributed by atoms with Gasteiger partial charge in [-0.25, -0.2) is 0 Å². The molecular formula is C15H13ClN2O2S. The van der Waals surface area contributed by atoms with Crippen LogP contribution < -0.4 is 9.78 Å². The van der Waals surface area contributed by atoms with E-state index in [0.717, 1.165) is 17.5 Å². The highest BCUT2D eigenvalue weighted by atomic mass is 35.5. The number of pyridine rings is 1. The highest BCUT2D eigenvalue weighted by Gasteiger charge is 2.07. The van der Waals surface area contributed by atoms with Crippen LogP contribution in [0.3, 0.4) is 0 Å². The van der Waals surface area contributed by atoms with E-state index in [2.05, 4.69) is 5.10 Å². The van der Waals surface area contributed by atoms with E-state index in [0.29, 0.717) is 10.6 Å².